The number of rotatable bonds is 11. The Labute approximate surface area is 266 Å². The summed E-state index contributed by atoms with van der Waals surface area (Å²) in [5, 5.41) is 21.2. The molecule has 4 heterocycles. The molecule has 46 heavy (non-hydrogen) atoms. The van der Waals surface area contributed by atoms with Crippen molar-refractivity contribution >= 4 is 33.5 Å². The minimum atomic E-state index is -0.389. The highest BCUT2D eigenvalue weighted by molar-refractivity contribution is 5.98. The molecule has 1 amide bonds. The van der Waals surface area contributed by atoms with Crippen LogP contribution in [0, 0.1) is 11.7 Å². The molecule has 0 aliphatic carbocycles. The third kappa shape index (κ3) is 6.65. The van der Waals surface area contributed by atoms with E-state index in [1.165, 1.54) is 6.07 Å². The van der Waals surface area contributed by atoms with Gasteiger partial charge in [-0.25, -0.2) is 9.37 Å². The van der Waals surface area contributed by atoms with E-state index in [4.69, 9.17) is 4.98 Å². The highest BCUT2D eigenvalue weighted by atomic mass is 19.1. The van der Waals surface area contributed by atoms with Gasteiger partial charge in [-0.3, -0.25) is 24.8 Å². The maximum Gasteiger partial charge on any atom is 0.226 e. The number of carbonyl (C=O) groups excluding carboxylic acids is 1. The molecule has 0 radical (unpaired) electrons. The number of nitrogens with zero attached hydrogens (tertiary/aromatic N) is 5. The zero-order valence-electron chi connectivity index (χ0n) is 26.3. The summed E-state index contributed by atoms with van der Waals surface area (Å²) >= 11 is 0. The van der Waals surface area contributed by atoms with Crippen LogP contribution in [0.3, 0.4) is 0 Å². The average molecular weight is 621 g/mol. The van der Waals surface area contributed by atoms with Crippen LogP contribution in [-0.2, 0) is 11.3 Å². The summed E-state index contributed by atoms with van der Waals surface area (Å²) in [6.45, 7) is 9.59. The topological polar surface area (TPSA) is 136 Å². The Morgan fingerprint density at radius 2 is 1.80 bits per heavy atom. The van der Waals surface area contributed by atoms with Crippen molar-refractivity contribution in [2.75, 3.05) is 18.4 Å². The first kappa shape index (κ1) is 31.0. The Balaban J connectivity index is 1.34. The molecule has 1 unspecified atom stereocenters. The van der Waals surface area contributed by atoms with E-state index in [0.29, 0.717) is 52.3 Å². The van der Waals surface area contributed by atoms with Gasteiger partial charge in [0, 0.05) is 47.9 Å². The molecule has 0 aliphatic heterocycles. The lowest BCUT2D eigenvalue weighted by Crippen LogP contribution is -2.26. The van der Waals surface area contributed by atoms with Crippen molar-refractivity contribution in [3.05, 3.63) is 78.6 Å². The molecule has 0 spiro atoms. The SMILES string of the molecule is CCN(CCC(C)O)Cc1cc(F)cc(-c2cncc3[nH]c(-c4n[nH]c5ccc(-c6cncc(NC(=O)C(C)C)c6)cc45)nc23)c1. The second-order valence-corrected chi connectivity index (χ2v) is 12.0. The minimum Gasteiger partial charge on any atom is -0.393 e. The quantitative estimate of drug-likeness (QED) is 0.129. The molecule has 6 aromatic rings. The van der Waals surface area contributed by atoms with E-state index in [9.17, 15) is 14.3 Å². The Kier molecular flexibility index (Phi) is 8.87. The number of nitrogens with one attached hydrogen (secondary N) is 3. The number of fused-ring (bicyclic) bond motifs is 2. The fraction of sp³-hybridized carbons (Fsp3) is 0.286. The summed E-state index contributed by atoms with van der Waals surface area (Å²) in [6.07, 6.45) is 7.05. The number of hydrogen-bond donors (Lipinski definition) is 4. The zero-order chi connectivity index (χ0) is 32.4. The number of H-pyrrole nitrogens is 2. The smallest absolute Gasteiger partial charge is 0.226 e. The monoisotopic (exact) mass is 620 g/mol. The van der Waals surface area contributed by atoms with Gasteiger partial charge in [0.25, 0.3) is 0 Å². The molecule has 0 saturated heterocycles. The van der Waals surface area contributed by atoms with Crippen molar-refractivity contribution in [3.63, 3.8) is 0 Å². The first-order chi connectivity index (χ1) is 22.2. The lowest BCUT2D eigenvalue weighted by Gasteiger charge is -2.21. The molecular formula is C35H37FN8O2. The van der Waals surface area contributed by atoms with Gasteiger partial charge in [-0.05, 0) is 73.0 Å². The van der Waals surface area contributed by atoms with Crippen LogP contribution in [0.25, 0.3) is 55.7 Å². The van der Waals surface area contributed by atoms with Gasteiger partial charge in [-0.15, -0.1) is 0 Å². The summed E-state index contributed by atoms with van der Waals surface area (Å²) in [7, 11) is 0. The third-order valence-corrected chi connectivity index (χ3v) is 8.03. The van der Waals surface area contributed by atoms with Crippen LogP contribution < -0.4 is 5.32 Å². The lowest BCUT2D eigenvalue weighted by molar-refractivity contribution is -0.118. The number of aliphatic hydroxyl groups excluding tert-OH is 1. The number of imidazole rings is 1. The van der Waals surface area contributed by atoms with E-state index >= 15 is 0 Å². The van der Waals surface area contributed by atoms with Crippen molar-refractivity contribution in [2.24, 2.45) is 5.92 Å². The van der Waals surface area contributed by atoms with Crippen molar-refractivity contribution in [3.8, 4) is 33.8 Å². The number of halogens is 1. The summed E-state index contributed by atoms with van der Waals surface area (Å²) < 4.78 is 14.9. The number of aliphatic hydroxyl groups is 1. The van der Waals surface area contributed by atoms with Crippen LogP contribution >= 0.6 is 0 Å². The number of carbonyl (C=O) groups is 1. The van der Waals surface area contributed by atoms with Crippen LogP contribution in [0.5, 0.6) is 0 Å². The summed E-state index contributed by atoms with van der Waals surface area (Å²) in [6, 6.07) is 12.9. The fourth-order valence-corrected chi connectivity index (χ4v) is 5.46. The predicted molar refractivity (Wildman–Crippen MR) is 178 cm³/mol. The molecule has 0 fully saturated rings. The molecule has 0 saturated carbocycles. The fourth-order valence-electron chi connectivity index (χ4n) is 5.46. The van der Waals surface area contributed by atoms with Gasteiger partial charge in [-0.2, -0.15) is 5.10 Å². The molecule has 2 aromatic carbocycles. The number of aromatic nitrogens is 6. The molecular weight excluding hydrogens is 583 g/mol. The van der Waals surface area contributed by atoms with E-state index < -0.39 is 0 Å². The summed E-state index contributed by atoms with van der Waals surface area (Å²) in [5.74, 6) is -0.000180. The van der Waals surface area contributed by atoms with E-state index in [1.54, 1.807) is 37.8 Å². The third-order valence-electron chi connectivity index (χ3n) is 8.03. The predicted octanol–water partition coefficient (Wildman–Crippen LogP) is 6.56. The standard InChI is InChI=1S/C35H37FN8O2/c1-5-44(9-8-21(4)45)19-22-10-24(12-26(36)11-22)29-17-38-18-31-32(29)41-34(40-31)33-28-14-23(6-7-30(28)42-43-33)25-13-27(16-37-15-25)39-35(46)20(2)3/h6-7,10-18,20-21,45H,5,8-9,19H2,1-4H3,(H,39,46)(H,40,41)(H,42,43). The number of pyridine rings is 2. The summed E-state index contributed by atoms with van der Waals surface area (Å²) in [5.41, 5.74) is 7.44. The van der Waals surface area contributed by atoms with Crippen molar-refractivity contribution in [2.45, 2.75) is 46.8 Å². The van der Waals surface area contributed by atoms with Crippen LogP contribution in [0.2, 0.25) is 0 Å². The number of benzene rings is 2. The minimum absolute atomic E-state index is 0.0737. The number of aromatic amines is 2. The van der Waals surface area contributed by atoms with Gasteiger partial charge in [-0.1, -0.05) is 26.8 Å². The number of amides is 1. The average Bonchev–Trinajstić information content (AvgIpc) is 3.66. The normalized spacial score (nSPS) is 12.4. The Hall–Kier alpha value is -5.00. The van der Waals surface area contributed by atoms with Crippen LogP contribution in [0.15, 0.2) is 67.3 Å². The molecule has 4 N–H and O–H groups in total. The highest BCUT2D eigenvalue weighted by Crippen LogP contribution is 2.34. The van der Waals surface area contributed by atoms with Crippen LogP contribution in [0.1, 0.15) is 39.7 Å². The molecule has 236 valence electrons. The van der Waals surface area contributed by atoms with Crippen molar-refractivity contribution in [1.82, 2.24) is 35.0 Å². The Morgan fingerprint density at radius 1 is 0.978 bits per heavy atom. The second-order valence-electron chi connectivity index (χ2n) is 12.0. The van der Waals surface area contributed by atoms with Gasteiger partial charge in [0.15, 0.2) is 5.82 Å². The molecule has 0 aliphatic rings. The van der Waals surface area contributed by atoms with Crippen LogP contribution in [0.4, 0.5) is 10.1 Å². The van der Waals surface area contributed by atoms with Crippen molar-refractivity contribution in [1.29, 1.82) is 0 Å². The second kappa shape index (κ2) is 13.2. The number of hydrogen-bond acceptors (Lipinski definition) is 7. The number of anilines is 1. The van der Waals surface area contributed by atoms with E-state index in [0.717, 1.165) is 40.7 Å². The molecule has 11 heteroatoms. The van der Waals surface area contributed by atoms with Gasteiger partial charge in [0.05, 0.1) is 40.7 Å². The van der Waals surface area contributed by atoms with Crippen LogP contribution in [-0.4, -0.2) is 65.2 Å². The molecule has 1 atom stereocenters. The Morgan fingerprint density at radius 3 is 2.59 bits per heavy atom. The van der Waals surface area contributed by atoms with E-state index in [-0.39, 0.29) is 23.7 Å². The first-order valence-corrected chi connectivity index (χ1v) is 15.5. The van der Waals surface area contributed by atoms with E-state index in [2.05, 4.69) is 42.3 Å². The maximum absolute atomic E-state index is 14.9. The molecule has 4 aromatic heterocycles. The van der Waals surface area contributed by atoms with Gasteiger partial charge < -0.3 is 15.4 Å². The maximum atomic E-state index is 14.9. The van der Waals surface area contributed by atoms with Gasteiger partial charge in [0.1, 0.15) is 11.5 Å². The van der Waals surface area contributed by atoms with Gasteiger partial charge in [0.2, 0.25) is 5.91 Å². The first-order valence-electron chi connectivity index (χ1n) is 15.5. The molecule has 0 bridgehead atoms. The van der Waals surface area contributed by atoms with Crippen molar-refractivity contribution < 1.29 is 14.3 Å². The lowest BCUT2D eigenvalue weighted by atomic mass is 10.0. The van der Waals surface area contributed by atoms with E-state index in [1.807, 2.05) is 44.2 Å². The van der Waals surface area contributed by atoms with Gasteiger partial charge >= 0.3 is 0 Å². The molecule has 6 rings (SSSR count). The molecule has 10 nitrogen and oxygen atoms in total. The largest absolute Gasteiger partial charge is 0.393 e. The highest BCUT2D eigenvalue weighted by Gasteiger charge is 2.18. The Bertz CT molecular complexity index is 2020. The zero-order valence-corrected chi connectivity index (χ0v) is 26.3. The summed E-state index contributed by atoms with van der Waals surface area (Å²) in [4.78, 5) is 31.5.